The Labute approximate surface area is 54.1 Å². The lowest BCUT2D eigenvalue weighted by Crippen LogP contribution is -1.98. The van der Waals surface area contributed by atoms with Gasteiger partial charge in [0.2, 0.25) is 0 Å². The average molecular weight is 137 g/mol. The van der Waals surface area contributed by atoms with E-state index in [0.29, 0.717) is 4.99 Å². The topological polar surface area (TPSA) is 66.5 Å². The van der Waals surface area contributed by atoms with Gasteiger partial charge >= 0.3 is 0 Å². The van der Waals surface area contributed by atoms with Crippen LogP contribution in [0, 0.1) is 0 Å². The molecular weight excluding hydrogens is 126 g/mol. The lowest BCUT2D eigenvalue weighted by molar-refractivity contribution is 0.186. The van der Waals surface area contributed by atoms with Crippen LogP contribution in [0.2, 0.25) is 0 Å². The summed E-state index contributed by atoms with van der Waals surface area (Å²) in [5.74, 6) is 0. The fourth-order valence-corrected chi connectivity index (χ4v) is 0. The Bertz CT molecular complexity index is 52.0. The van der Waals surface area contributed by atoms with Gasteiger partial charge in [0.1, 0.15) is 0 Å². The minimum absolute atomic E-state index is 0.125. The van der Waals surface area contributed by atoms with E-state index >= 15 is 0 Å². The van der Waals surface area contributed by atoms with Crippen molar-refractivity contribution < 1.29 is 10.2 Å². The van der Waals surface area contributed by atoms with Gasteiger partial charge in [0.05, 0.1) is 18.2 Å². The number of aliphatic hydroxyl groups is 2. The van der Waals surface area contributed by atoms with Crippen molar-refractivity contribution in [2.75, 3.05) is 13.2 Å². The summed E-state index contributed by atoms with van der Waals surface area (Å²) in [6.07, 6.45) is 0. The molecule has 50 valence electrons. The molecule has 0 saturated carbocycles. The van der Waals surface area contributed by atoms with Crippen LogP contribution >= 0.6 is 12.2 Å². The highest BCUT2D eigenvalue weighted by atomic mass is 32.1. The number of nitrogens with two attached hydrogens (primary N) is 1. The minimum atomic E-state index is -0.125. The van der Waals surface area contributed by atoms with Crippen molar-refractivity contribution in [3.63, 3.8) is 0 Å². The number of rotatable bonds is 1. The Hall–Kier alpha value is -0.190. The van der Waals surface area contributed by atoms with Gasteiger partial charge in [-0.25, -0.2) is 0 Å². The predicted molar refractivity (Wildman–Crippen MR) is 36.6 cm³/mol. The largest absolute Gasteiger partial charge is 0.394 e. The van der Waals surface area contributed by atoms with Crippen molar-refractivity contribution in [1.82, 2.24) is 0 Å². The Morgan fingerprint density at radius 2 is 1.62 bits per heavy atom. The Kier molecular flexibility index (Phi) is 13.3. The quantitative estimate of drug-likeness (QED) is 0.417. The zero-order valence-electron chi connectivity index (χ0n) is 4.79. The van der Waals surface area contributed by atoms with Gasteiger partial charge in [-0.2, -0.15) is 0 Å². The molecule has 3 nitrogen and oxygen atoms in total. The second kappa shape index (κ2) is 9.94. The Morgan fingerprint density at radius 3 is 1.62 bits per heavy atom. The van der Waals surface area contributed by atoms with Crippen LogP contribution in [0.25, 0.3) is 0 Å². The van der Waals surface area contributed by atoms with Crippen LogP contribution in [0.15, 0.2) is 0 Å². The normalized spacial score (nSPS) is 6.88. The van der Waals surface area contributed by atoms with E-state index < -0.39 is 0 Å². The molecule has 0 spiro atoms. The summed E-state index contributed by atoms with van der Waals surface area (Å²) >= 11 is 4.31. The van der Waals surface area contributed by atoms with Crippen molar-refractivity contribution in [3.05, 3.63) is 0 Å². The summed E-state index contributed by atoms with van der Waals surface area (Å²) in [5.41, 5.74) is 4.84. The second-order valence-corrected chi connectivity index (χ2v) is 1.70. The molecule has 0 rings (SSSR count). The molecule has 0 heterocycles. The van der Waals surface area contributed by atoms with Crippen molar-refractivity contribution in [3.8, 4) is 0 Å². The first-order chi connectivity index (χ1) is 3.65. The van der Waals surface area contributed by atoms with Gasteiger partial charge in [-0.1, -0.05) is 12.2 Å². The zero-order chi connectivity index (χ0) is 6.99. The summed E-state index contributed by atoms with van der Waals surface area (Å²) in [7, 11) is 0. The van der Waals surface area contributed by atoms with E-state index in [1.165, 1.54) is 0 Å². The molecule has 0 aliphatic rings. The molecule has 0 aromatic rings. The molecule has 0 atom stereocenters. The van der Waals surface area contributed by atoms with Gasteiger partial charge in [-0.05, 0) is 6.92 Å². The number of hydrogen-bond acceptors (Lipinski definition) is 3. The smallest absolute Gasteiger partial charge is 0.0695 e. The molecule has 0 aromatic carbocycles. The number of hydrogen-bond donors (Lipinski definition) is 3. The molecule has 0 amide bonds. The van der Waals surface area contributed by atoms with Crippen molar-refractivity contribution >= 4 is 17.2 Å². The van der Waals surface area contributed by atoms with Gasteiger partial charge in [-0.15, -0.1) is 0 Å². The summed E-state index contributed by atoms with van der Waals surface area (Å²) in [6.45, 7) is 1.43. The molecule has 0 bridgehead atoms. The van der Waals surface area contributed by atoms with E-state index in [-0.39, 0.29) is 13.2 Å². The molecule has 0 saturated heterocycles. The van der Waals surface area contributed by atoms with Crippen molar-refractivity contribution in [2.24, 2.45) is 5.73 Å². The Balaban J connectivity index is 0. The standard InChI is InChI=1S/C2H5NS.C2H6O2/c1-2(3)4;3-1-2-4/h1H3,(H2,3,4);3-4H,1-2H2. The first-order valence-corrected chi connectivity index (χ1v) is 2.53. The van der Waals surface area contributed by atoms with Crippen LogP contribution in [0.3, 0.4) is 0 Å². The van der Waals surface area contributed by atoms with Gasteiger partial charge in [0, 0.05) is 0 Å². The van der Waals surface area contributed by atoms with Gasteiger partial charge < -0.3 is 15.9 Å². The van der Waals surface area contributed by atoms with E-state index in [9.17, 15) is 0 Å². The molecule has 0 aliphatic heterocycles. The number of aliphatic hydroxyl groups excluding tert-OH is 2. The van der Waals surface area contributed by atoms with Crippen LogP contribution in [-0.2, 0) is 0 Å². The third-order valence-corrected chi connectivity index (χ3v) is 0.1000. The molecule has 4 N–H and O–H groups in total. The third-order valence-electron chi connectivity index (χ3n) is 0.1000. The fourth-order valence-electron chi connectivity index (χ4n) is 0. The first-order valence-electron chi connectivity index (χ1n) is 2.13. The van der Waals surface area contributed by atoms with Gasteiger partial charge in [0.15, 0.2) is 0 Å². The maximum absolute atomic E-state index is 7.62. The van der Waals surface area contributed by atoms with E-state index in [0.717, 1.165) is 0 Å². The summed E-state index contributed by atoms with van der Waals surface area (Å²) in [5, 5.41) is 15.2. The molecule has 0 fully saturated rings. The molecule has 0 aromatic heterocycles. The van der Waals surface area contributed by atoms with Crippen LogP contribution < -0.4 is 5.73 Å². The highest BCUT2D eigenvalue weighted by Crippen LogP contribution is 1.48. The van der Waals surface area contributed by atoms with Gasteiger partial charge in [-0.3, -0.25) is 0 Å². The van der Waals surface area contributed by atoms with Gasteiger partial charge in [0.25, 0.3) is 0 Å². The third kappa shape index (κ3) is 205. The molecule has 0 unspecified atom stereocenters. The van der Waals surface area contributed by atoms with E-state index in [4.69, 9.17) is 15.9 Å². The highest BCUT2D eigenvalue weighted by molar-refractivity contribution is 7.80. The average Bonchev–Trinajstić information content (AvgIpc) is 1.65. The number of thiocarbonyl (C=S) groups is 1. The highest BCUT2D eigenvalue weighted by Gasteiger charge is 1.58. The van der Waals surface area contributed by atoms with E-state index in [1.807, 2.05) is 0 Å². The molecular formula is C4H11NO2S. The van der Waals surface area contributed by atoms with Crippen LogP contribution in [-0.4, -0.2) is 28.4 Å². The van der Waals surface area contributed by atoms with Crippen LogP contribution in [0.1, 0.15) is 6.92 Å². The van der Waals surface area contributed by atoms with E-state index in [2.05, 4.69) is 12.2 Å². The SMILES string of the molecule is CC(N)=S.OCCO. The lowest BCUT2D eigenvalue weighted by atomic mass is 10.8. The molecule has 4 heteroatoms. The summed E-state index contributed by atoms with van der Waals surface area (Å²) in [4.78, 5) is 0.500. The van der Waals surface area contributed by atoms with E-state index in [1.54, 1.807) is 6.92 Å². The van der Waals surface area contributed by atoms with Crippen molar-refractivity contribution in [2.45, 2.75) is 6.92 Å². The maximum Gasteiger partial charge on any atom is 0.0695 e. The lowest BCUT2D eigenvalue weighted by Gasteiger charge is -1.70. The predicted octanol–water partition coefficient (Wildman–Crippen LogP) is -0.737. The van der Waals surface area contributed by atoms with Crippen molar-refractivity contribution in [1.29, 1.82) is 0 Å². The first kappa shape index (κ1) is 10.7. The molecule has 0 radical (unpaired) electrons. The second-order valence-electron chi connectivity index (χ2n) is 1.06. The summed E-state index contributed by atoms with van der Waals surface area (Å²) < 4.78 is 0. The monoisotopic (exact) mass is 137 g/mol. The zero-order valence-corrected chi connectivity index (χ0v) is 5.61. The fraction of sp³-hybridized carbons (Fsp3) is 0.750. The maximum atomic E-state index is 7.62. The summed E-state index contributed by atoms with van der Waals surface area (Å²) in [6, 6.07) is 0. The van der Waals surface area contributed by atoms with Crippen LogP contribution in [0.4, 0.5) is 0 Å². The molecule has 0 aliphatic carbocycles. The Morgan fingerprint density at radius 1 is 1.50 bits per heavy atom. The van der Waals surface area contributed by atoms with Crippen LogP contribution in [0.5, 0.6) is 0 Å². The minimum Gasteiger partial charge on any atom is -0.394 e. The molecule has 8 heavy (non-hydrogen) atoms.